The zero-order valence-electron chi connectivity index (χ0n) is 17.2. The molecule has 156 valence electrons. The van der Waals surface area contributed by atoms with Gasteiger partial charge in [0, 0.05) is 30.4 Å². The van der Waals surface area contributed by atoms with Crippen molar-refractivity contribution in [2.45, 2.75) is 42.6 Å². The van der Waals surface area contributed by atoms with Gasteiger partial charge in [-0.25, -0.2) is 4.98 Å². The number of H-pyrrole nitrogens is 1. The Bertz CT molecular complexity index is 968. The summed E-state index contributed by atoms with van der Waals surface area (Å²) in [4.78, 5) is 25.5. The summed E-state index contributed by atoms with van der Waals surface area (Å²) in [7, 11) is 0. The van der Waals surface area contributed by atoms with Gasteiger partial charge in [0.2, 0.25) is 0 Å². The van der Waals surface area contributed by atoms with E-state index in [-0.39, 0.29) is 5.91 Å². The predicted octanol–water partition coefficient (Wildman–Crippen LogP) is 4.56. The Morgan fingerprint density at radius 2 is 1.73 bits per heavy atom. The molecule has 2 saturated heterocycles. The number of para-hydroxylation sites is 2. The molecule has 0 bridgehead atoms. The highest BCUT2D eigenvalue weighted by atomic mass is 32.2. The van der Waals surface area contributed by atoms with Gasteiger partial charge in [0.25, 0.3) is 5.91 Å². The molecule has 2 fully saturated rings. The average molecular weight is 421 g/mol. The van der Waals surface area contributed by atoms with Crippen LogP contribution in [0.25, 0.3) is 11.0 Å². The Morgan fingerprint density at radius 3 is 2.47 bits per heavy atom. The van der Waals surface area contributed by atoms with Crippen LogP contribution in [0.5, 0.6) is 0 Å². The average Bonchev–Trinajstić information content (AvgIpc) is 3.47. The van der Waals surface area contributed by atoms with Crippen molar-refractivity contribution in [2.24, 2.45) is 0 Å². The summed E-state index contributed by atoms with van der Waals surface area (Å²) in [5, 5.41) is 0.928. The zero-order valence-corrected chi connectivity index (χ0v) is 18.0. The Kier molecular flexibility index (Phi) is 5.77. The number of nitrogens with one attached hydrogen (secondary N) is 1. The summed E-state index contributed by atoms with van der Waals surface area (Å²) in [5.74, 6) is 1.00. The van der Waals surface area contributed by atoms with Gasteiger partial charge >= 0.3 is 0 Å². The van der Waals surface area contributed by atoms with Gasteiger partial charge in [-0.15, -0.1) is 0 Å². The summed E-state index contributed by atoms with van der Waals surface area (Å²) in [6.07, 6.45) is 4.89. The molecule has 2 aliphatic heterocycles. The second kappa shape index (κ2) is 8.82. The topological polar surface area (TPSA) is 52.2 Å². The smallest absolute Gasteiger partial charge is 0.253 e. The third-order valence-electron chi connectivity index (χ3n) is 6.35. The van der Waals surface area contributed by atoms with Crippen LogP contribution in [-0.4, -0.2) is 57.9 Å². The molecule has 6 heteroatoms. The number of piperidine rings is 1. The summed E-state index contributed by atoms with van der Waals surface area (Å²) >= 11 is 1.69. The number of aromatic amines is 1. The molecule has 2 aromatic carbocycles. The molecule has 0 atom stereocenters. The lowest BCUT2D eigenvalue weighted by Gasteiger charge is -2.36. The number of benzene rings is 2. The number of carbonyl (C=O) groups excluding carboxylic acids is 1. The Balaban J connectivity index is 1.15. The van der Waals surface area contributed by atoms with Gasteiger partial charge in [-0.2, -0.15) is 0 Å². The van der Waals surface area contributed by atoms with Crippen molar-refractivity contribution in [3.05, 3.63) is 59.7 Å². The van der Waals surface area contributed by atoms with E-state index in [1.807, 2.05) is 41.3 Å². The number of carbonyl (C=O) groups is 1. The van der Waals surface area contributed by atoms with Crippen molar-refractivity contribution in [2.75, 3.05) is 26.2 Å². The van der Waals surface area contributed by atoms with Crippen molar-refractivity contribution in [3.8, 4) is 0 Å². The van der Waals surface area contributed by atoms with Crippen LogP contribution in [0.1, 0.15) is 41.6 Å². The number of aromatic nitrogens is 2. The second-order valence-electron chi connectivity index (χ2n) is 8.31. The molecule has 1 N–H and O–H groups in total. The van der Waals surface area contributed by atoms with Crippen molar-refractivity contribution < 1.29 is 4.79 Å². The fraction of sp³-hybridized carbons (Fsp3) is 0.417. The lowest BCUT2D eigenvalue weighted by molar-refractivity contribution is 0.0644. The molecule has 0 unspecified atom stereocenters. The van der Waals surface area contributed by atoms with Gasteiger partial charge < -0.3 is 14.8 Å². The monoisotopic (exact) mass is 420 g/mol. The van der Waals surface area contributed by atoms with E-state index in [1.54, 1.807) is 11.8 Å². The minimum Gasteiger partial charge on any atom is -0.339 e. The van der Waals surface area contributed by atoms with E-state index >= 15 is 0 Å². The first-order chi connectivity index (χ1) is 14.8. The molecule has 5 rings (SSSR count). The molecular formula is C24H28N4OS. The van der Waals surface area contributed by atoms with E-state index in [0.717, 1.165) is 53.4 Å². The zero-order chi connectivity index (χ0) is 20.3. The van der Waals surface area contributed by atoms with Crippen LogP contribution < -0.4 is 0 Å². The first kappa shape index (κ1) is 19.6. The fourth-order valence-corrected chi connectivity index (χ4v) is 5.46. The van der Waals surface area contributed by atoms with E-state index in [0.29, 0.717) is 6.04 Å². The van der Waals surface area contributed by atoms with Crippen LogP contribution in [0, 0.1) is 0 Å². The molecular weight excluding hydrogens is 392 g/mol. The third-order valence-corrected chi connectivity index (χ3v) is 7.30. The van der Waals surface area contributed by atoms with Crippen LogP contribution in [0.3, 0.4) is 0 Å². The summed E-state index contributed by atoms with van der Waals surface area (Å²) < 4.78 is 0. The number of rotatable bonds is 5. The maximum Gasteiger partial charge on any atom is 0.253 e. The molecule has 0 radical (unpaired) electrons. The van der Waals surface area contributed by atoms with Crippen LogP contribution in [0.2, 0.25) is 0 Å². The van der Waals surface area contributed by atoms with Gasteiger partial charge in [0.15, 0.2) is 5.16 Å². The van der Waals surface area contributed by atoms with E-state index in [2.05, 4.69) is 27.0 Å². The number of thioether (sulfide) groups is 1. The Labute approximate surface area is 181 Å². The molecule has 30 heavy (non-hydrogen) atoms. The summed E-state index contributed by atoms with van der Waals surface area (Å²) in [6, 6.07) is 16.8. The first-order valence-electron chi connectivity index (χ1n) is 11.0. The number of imidazole rings is 1. The second-order valence-corrected chi connectivity index (χ2v) is 9.28. The van der Waals surface area contributed by atoms with Crippen molar-refractivity contribution in [1.82, 2.24) is 19.8 Å². The minimum absolute atomic E-state index is 0.173. The van der Waals surface area contributed by atoms with E-state index in [9.17, 15) is 4.79 Å². The van der Waals surface area contributed by atoms with Crippen LogP contribution in [-0.2, 0) is 5.75 Å². The largest absolute Gasteiger partial charge is 0.339 e. The standard InChI is InChI=1S/C24H28N4OS/c29-23(28-15-11-20(12-16-28)27-13-3-4-14-27)19-9-7-18(8-10-19)17-30-24-25-21-5-1-2-6-22(21)26-24/h1-2,5-10,20H,3-4,11-17H2,(H,25,26). The molecule has 2 aliphatic rings. The lowest BCUT2D eigenvalue weighted by Crippen LogP contribution is -2.45. The Hall–Kier alpha value is -2.31. The highest BCUT2D eigenvalue weighted by Gasteiger charge is 2.28. The highest BCUT2D eigenvalue weighted by molar-refractivity contribution is 7.98. The maximum atomic E-state index is 12.9. The molecule has 3 aromatic rings. The van der Waals surface area contributed by atoms with E-state index < -0.39 is 0 Å². The molecule has 1 aromatic heterocycles. The first-order valence-corrected chi connectivity index (χ1v) is 11.9. The van der Waals surface area contributed by atoms with Gasteiger partial charge in [0.05, 0.1) is 11.0 Å². The SMILES string of the molecule is O=C(c1ccc(CSc2nc3ccccc3[nH]2)cc1)N1CCC(N2CCCC2)CC1. The fourth-order valence-electron chi connectivity index (χ4n) is 4.62. The van der Waals surface area contributed by atoms with Crippen LogP contribution >= 0.6 is 11.8 Å². The third kappa shape index (κ3) is 4.25. The number of likely N-dealkylation sites (tertiary alicyclic amines) is 2. The number of nitrogens with zero attached hydrogens (tertiary/aromatic N) is 3. The summed E-state index contributed by atoms with van der Waals surface area (Å²) in [6.45, 7) is 4.24. The quantitative estimate of drug-likeness (QED) is 0.615. The molecule has 3 heterocycles. The van der Waals surface area contributed by atoms with Gasteiger partial charge in [-0.05, 0) is 68.6 Å². The van der Waals surface area contributed by atoms with Crippen LogP contribution in [0.15, 0.2) is 53.7 Å². The lowest BCUT2D eigenvalue weighted by atomic mass is 10.0. The molecule has 0 saturated carbocycles. The van der Waals surface area contributed by atoms with Crippen molar-refractivity contribution >= 4 is 28.7 Å². The molecule has 1 amide bonds. The van der Waals surface area contributed by atoms with E-state index in [1.165, 1.54) is 31.5 Å². The van der Waals surface area contributed by atoms with Gasteiger partial charge in [0.1, 0.15) is 0 Å². The number of hydrogen-bond acceptors (Lipinski definition) is 4. The highest BCUT2D eigenvalue weighted by Crippen LogP contribution is 2.24. The minimum atomic E-state index is 0.173. The predicted molar refractivity (Wildman–Crippen MR) is 122 cm³/mol. The molecule has 5 nitrogen and oxygen atoms in total. The molecule has 0 aliphatic carbocycles. The number of amides is 1. The number of hydrogen-bond donors (Lipinski definition) is 1. The number of fused-ring (bicyclic) bond motifs is 1. The van der Waals surface area contributed by atoms with Crippen molar-refractivity contribution in [3.63, 3.8) is 0 Å². The van der Waals surface area contributed by atoms with E-state index in [4.69, 9.17) is 0 Å². The van der Waals surface area contributed by atoms with Gasteiger partial charge in [-0.1, -0.05) is 36.0 Å². The maximum absolute atomic E-state index is 12.9. The Morgan fingerprint density at radius 1 is 1.00 bits per heavy atom. The van der Waals surface area contributed by atoms with Crippen LogP contribution in [0.4, 0.5) is 0 Å². The summed E-state index contributed by atoms with van der Waals surface area (Å²) in [5.41, 5.74) is 4.06. The van der Waals surface area contributed by atoms with Gasteiger partial charge in [-0.3, -0.25) is 4.79 Å². The molecule has 0 spiro atoms. The van der Waals surface area contributed by atoms with Crippen molar-refractivity contribution in [1.29, 1.82) is 0 Å². The normalized spacial score (nSPS) is 18.3.